The molecule has 0 atom stereocenters. The summed E-state index contributed by atoms with van der Waals surface area (Å²) >= 11 is 0. The lowest BCUT2D eigenvalue weighted by atomic mass is 10.3. The molecule has 74 valence electrons. The van der Waals surface area contributed by atoms with E-state index >= 15 is 0 Å². The van der Waals surface area contributed by atoms with Crippen LogP contribution in [0.4, 0.5) is 4.79 Å². The number of fused-ring (bicyclic) bond motifs is 1. The zero-order chi connectivity index (χ0) is 9.97. The molecule has 14 heavy (non-hydrogen) atoms. The van der Waals surface area contributed by atoms with Crippen molar-refractivity contribution in [3.63, 3.8) is 0 Å². The lowest BCUT2D eigenvalue weighted by Gasteiger charge is -2.28. The summed E-state index contributed by atoms with van der Waals surface area (Å²) in [5.74, 6) is 0. The van der Waals surface area contributed by atoms with Crippen molar-refractivity contribution >= 4 is 6.09 Å². The Morgan fingerprint density at radius 3 is 3.14 bits per heavy atom. The second kappa shape index (κ2) is 3.45. The van der Waals surface area contributed by atoms with E-state index in [1.54, 1.807) is 31.1 Å². The van der Waals surface area contributed by atoms with E-state index in [1.807, 2.05) is 4.90 Å². The van der Waals surface area contributed by atoms with Crippen LogP contribution in [0, 0.1) is 0 Å². The number of methoxy groups -OCH3 is 1. The fraction of sp³-hybridized carbons (Fsp3) is 0.222. The van der Waals surface area contributed by atoms with Crippen LogP contribution in [-0.2, 0) is 9.47 Å². The Bertz CT molecular complexity index is 333. The van der Waals surface area contributed by atoms with Gasteiger partial charge in [-0.15, -0.1) is 0 Å². The van der Waals surface area contributed by atoms with E-state index in [0.29, 0.717) is 6.61 Å². The van der Waals surface area contributed by atoms with Crippen LogP contribution in [0.2, 0.25) is 0 Å². The quantitative estimate of drug-likeness (QED) is 0.580. The van der Waals surface area contributed by atoms with Crippen molar-refractivity contribution in [1.82, 2.24) is 9.80 Å². The van der Waals surface area contributed by atoms with Gasteiger partial charge >= 0.3 is 6.09 Å². The summed E-state index contributed by atoms with van der Waals surface area (Å²) in [6, 6.07) is 0. The highest BCUT2D eigenvalue weighted by atomic mass is 16.5. The van der Waals surface area contributed by atoms with Gasteiger partial charge in [-0.05, 0) is 0 Å². The Hall–Kier alpha value is -1.91. The highest BCUT2D eigenvalue weighted by Gasteiger charge is 2.18. The van der Waals surface area contributed by atoms with E-state index in [4.69, 9.17) is 4.74 Å². The van der Waals surface area contributed by atoms with Gasteiger partial charge < -0.3 is 14.4 Å². The van der Waals surface area contributed by atoms with Gasteiger partial charge in [0.05, 0.1) is 12.8 Å². The third-order valence-corrected chi connectivity index (χ3v) is 1.94. The van der Waals surface area contributed by atoms with Gasteiger partial charge in [-0.1, -0.05) is 0 Å². The lowest BCUT2D eigenvalue weighted by molar-refractivity contribution is 0.148. The molecule has 5 nitrogen and oxygen atoms in total. The van der Waals surface area contributed by atoms with E-state index in [1.165, 1.54) is 12.0 Å². The first-order valence-electron chi connectivity index (χ1n) is 4.13. The molecule has 0 fully saturated rings. The molecule has 1 amide bonds. The number of carbonyl (C=O) groups excluding carboxylic acids is 1. The molecule has 0 N–H and O–H groups in total. The molecule has 2 heterocycles. The maximum absolute atomic E-state index is 11.2. The summed E-state index contributed by atoms with van der Waals surface area (Å²) in [4.78, 5) is 14.4. The molecule has 0 aromatic heterocycles. The third-order valence-electron chi connectivity index (χ3n) is 1.94. The average Bonchev–Trinajstić information content (AvgIpc) is 2.27. The molecule has 0 aromatic carbocycles. The van der Waals surface area contributed by atoms with Crippen molar-refractivity contribution in [2.75, 3.05) is 13.7 Å². The number of carbonyl (C=O) groups is 1. The molecule has 0 radical (unpaired) electrons. The van der Waals surface area contributed by atoms with Gasteiger partial charge in [0.1, 0.15) is 12.9 Å². The van der Waals surface area contributed by atoms with Crippen LogP contribution in [0.3, 0.4) is 0 Å². The summed E-state index contributed by atoms with van der Waals surface area (Å²) in [6.45, 7) is 0.453. The highest BCUT2D eigenvalue weighted by Crippen LogP contribution is 2.18. The zero-order valence-electron chi connectivity index (χ0n) is 7.71. The van der Waals surface area contributed by atoms with Gasteiger partial charge in [0.2, 0.25) is 0 Å². The predicted octanol–water partition coefficient (Wildman–Crippen LogP) is 1.18. The van der Waals surface area contributed by atoms with Crippen molar-refractivity contribution in [3.05, 3.63) is 36.8 Å². The SMILES string of the molecule is COC(=O)N1C=CN2C=COCC2=C1. The van der Waals surface area contributed by atoms with E-state index < -0.39 is 6.09 Å². The van der Waals surface area contributed by atoms with Gasteiger partial charge in [0.25, 0.3) is 0 Å². The summed E-state index contributed by atoms with van der Waals surface area (Å²) in [6.07, 6.45) is 8.05. The van der Waals surface area contributed by atoms with Crippen LogP contribution in [0.15, 0.2) is 36.8 Å². The molecule has 2 rings (SSSR count). The van der Waals surface area contributed by atoms with Crippen molar-refractivity contribution in [2.24, 2.45) is 0 Å². The summed E-state index contributed by atoms with van der Waals surface area (Å²) < 4.78 is 9.68. The second-order valence-electron chi connectivity index (χ2n) is 2.80. The van der Waals surface area contributed by atoms with E-state index in [-0.39, 0.29) is 0 Å². The second-order valence-corrected chi connectivity index (χ2v) is 2.80. The lowest BCUT2D eigenvalue weighted by Crippen LogP contribution is -2.29. The van der Waals surface area contributed by atoms with E-state index in [2.05, 4.69) is 4.74 Å². The number of hydrogen-bond acceptors (Lipinski definition) is 4. The topological polar surface area (TPSA) is 42.0 Å². The first kappa shape index (κ1) is 8.68. The van der Waals surface area contributed by atoms with Crippen LogP contribution < -0.4 is 0 Å². The molecule has 0 bridgehead atoms. The average molecular weight is 194 g/mol. The van der Waals surface area contributed by atoms with Gasteiger partial charge in [0, 0.05) is 24.8 Å². The number of nitrogens with zero attached hydrogens (tertiary/aromatic N) is 2. The van der Waals surface area contributed by atoms with Crippen LogP contribution in [0.25, 0.3) is 0 Å². The minimum absolute atomic E-state index is 0.414. The molecule has 0 spiro atoms. The zero-order valence-corrected chi connectivity index (χ0v) is 7.71. The van der Waals surface area contributed by atoms with Crippen LogP contribution >= 0.6 is 0 Å². The highest BCUT2D eigenvalue weighted by molar-refractivity contribution is 5.70. The molecular formula is C9H10N2O3. The first-order chi connectivity index (χ1) is 6.81. The fourth-order valence-electron chi connectivity index (χ4n) is 1.23. The molecule has 0 aliphatic carbocycles. The third kappa shape index (κ3) is 1.44. The van der Waals surface area contributed by atoms with Crippen molar-refractivity contribution in [1.29, 1.82) is 0 Å². The Kier molecular flexibility index (Phi) is 2.14. The Labute approximate surface area is 81.5 Å². The van der Waals surface area contributed by atoms with Crippen molar-refractivity contribution < 1.29 is 14.3 Å². The van der Waals surface area contributed by atoms with Gasteiger partial charge in [0.15, 0.2) is 0 Å². The Morgan fingerprint density at radius 2 is 2.36 bits per heavy atom. The monoisotopic (exact) mass is 194 g/mol. The van der Waals surface area contributed by atoms with Crippen molar-refractivity contribution in [2.45, 2.75) is 0 Å². The van der Waals surface area contributed by atoms with Gasteiger partial charge in [-0.3, -0.25) is 4.90 Å². The van der Waals surface area contributed by atoms with Crippen LogP contribution in [-0.4, -0.2) is 29.6 Å². The number of ether oxygens (including phenoxy) is 2. The van der Waals surface area contributed by atoms with Gasteiger partial charge in [-0.25, -0.2) is 4.79 Å². The molecular weight excluding hydrogens is 184 g/mol. The normalized spacial score (nSPS) is 18.5. The molecule has 5 heteroatoms. The van der Waals surface area contributed by atoms with Gasteiger partial charge in [-0.2, -0.15) is 0 Å². The molecule has 0 saturated carbocycles. The number of rotatable bonds is 0. The number of amides is 1. The minimum Gasteiger partial charge on any atom is -0.493 e. The summed E-state index contributed by atoms with van der Waals surface area (Å²) in [7, 11) is 1.35. The Morgan fingerprint density at radius 1 is 1.50 bits per heavy atom. The molecule has 0 aromatic rings. The summed E-state index contributed by atoms with van der Waals surface area (Å²) in [5.41, 5.74) is 0.889. The van der Waals surface area contributed by atoms with E-state index in [0.717, 1.165) is 5.70 Å². The van der Waals surface area contributed by atoms with E-state index in [9.17, 15) is 4.79 Å². The molecule has 0 saturated heterocycles. The first-order valence-corrected chi connectivity index (χ1v) is 4.13. The largest absolute Gasteiger partial charge is 0.493 e. The fourth-order valence-corrected chi connectivity index (χ4v) is 1.23. The number of hydrogen-bond donors (Lipinski definition) is 0. The minimum atomic E-state index is -0.414. The maximum Gasteiger partial charge on any atom is 0.417 e. The Balaban J connectivity index is 2.17. The predicted molar refractivity (Wildman–Crippen MR) is 48.4 cm³/mol. The molecule has 2 aliphatic rings. The molecule has 2 aliphatic heterocycles. The standard InChI is InChI=1S/C9H10N2O3/c1-13-9(12)11-3-2-10-4-5-14-7-8(10)6-11/h2-6H,7H2,1H3. The maximum atomic E-state index is 11.2. The molecule has 0 unspecified atom stereocenters. The van der Waals surface area contributed by atoms with Crippen LogP contribution in [0.5, 0.6) is 0 Å². The summed E-state index contributed by atoms with van der Waals surface area (Å²) in [5, 5.41) is 0. The van der Waals surface area contributed by atoms with Crippen molar-refractivity contribution in [3.8, 4) is 0 Å². The van der Waals surface area contributed by atoms with Crippen LogP contribution in [0.1, 0.15) is 0 Å². The smallest absolute Gasteiger partial charge is 0.417 e.